The minimum Gasteiger partial charge on any atom is -0.340 e. The van der Waals surface area contributed by atoms with E-state index in [1.54, 1.807) is 11.8 Å². The first-order chi connectivity index (χ1) is 9.32. The average Bonchev–Trinajstić information content (AvgIpc) is 2.41. The van der Waals surface area contributed by atoms with Gasteiger partial charge in [0.1, 0.15) is 10.7 Å². The fraction of sp³-hybridized carbons (Fsp3) is 0.462. The van der Waals surface area contributed by atoms with Gasteiger partial charge in [0, 0.05) is 33.1 Å². The number of hydrogen-bond acceptors (Lipinski definition) is 3. The molecule has 1 aliphatic rings. The normalized spacial score (nSPS) is 17.2. The van der Waals surface area contributed by atoms with Crippen molar-refractivity contribution in [3.63, 3.8) is 0 Å². The van der Waals surface area contributed by atoms with E-state index in [0.717, 1.165) is 6.07 Å². The molecule has 1 saturated heterocycles. The Morgan fingerprint density at radius 1 is 1.20 bits per heavy atom. The van der Waals surface area contributed by atoms with Crippen LogP contribution < -0.4 is 0 Å². The van der Waals surface area contributed by atoms with Gasteiger partial charge in [-0.25, -0.2) is 12.8 Å². The molecule has 1 aromatic rings. The summed E-state index contributed by atoms with van der Waals surface area (Å²) in [4.78, 5) is 12.5. The zero-order valence-electron chi connectivity index (χ0n) is 11.5. The van der Waals surface area contributed by atoms with Gasteiger partial charge in [0.25, 0.3) is 0 Å². The molecule has 1 fully saturated rings. The number of carbonyl (C=O) groups excluding carboxylic acids is 1. The van der Waals surface area contributed by atoms with Gasteiger partial charge in [-0.2, -0.15) is 4.31 Å². The minimum absolute atomic E-state index is 0.0798. The van der Waals surface area contributed by atoms with Crippen LogP contribution >= 0.6 is 0 Å². The highest BCUT2D eigenvalue weighted by Crippen LogP contribution is 2.21. The summed E-state index contributed by atoms with van der Waals surface area (Å²) in [7, 11) is -3.84. The smallest absolute Gasteiger partial charge is 0.246 e. The summed E-state index contributed by atoms with van der Waals surface area (Å²) in [6, 6.07) is 4.03. The maximum atomic E-state index is 13.8. The molecule has 0 bridgehead atoms. The quantitative estimate of drug-likeness (QED) is 0.818. The molecule has 0 radical (unpaired) electrons. The van der Waals surface area contributed by atoms with E-state index in [0.29, 0.717) is 18.7 Å². The highest BCUT2D eigenvalue weighted by atomic mass is 32.2. The Balaban J connectivity index is 2.24. The number of rotatable bonds is 2. The average molecular weight is 300 g/mol. The molecular weight excluding hydrogens is 283 g/mol. The molecule has 1 amide bonds. The summed E-state index contributed by atoms with van der Waals surface area (Å²) in [5, 5.41) is 0. The maximum Gasteiger partial charge on any atom is 0.246 e. The second-order valence-electron chi connectivity index (χ2n) is 4.84. The molecule has 0 aromatic heterocycles. The predicted molar refractivity (Wildman–Crippen MR) is 72.1 cm³/mol. The Morgan fingerprint density at radius 2 is 1.80 bits per heavy atom. The third kappa shape index (κ3) is 2.83. The highest BCUT2D eigenvalue weighted by molar-refractivity contribution is 7.89. The molecule has 20 heavy (non-hydrogen) atoms. The molecule has 7 heteroatoms. The second kappa shape index (κ2) is 5.49. The van der Waals surface area contributed by atoms with Crippen LogP contribution in [0.5, 0.6) is 0 Å². The van der Waals surface area contributed by atoms with Crippen LogP contribution in [0.4, 0.5) is 4.39 Å². The van der Waals surface area contributed by atoms with Gasteiger partial charge in [0.2, 0.25) is 15.9 Å². The summed E-state index contributed by atoms with van der Waals surface area (Å²) in [5.41, 5.74) is 0.687. The molecule has 0 unspecified atom stereocenters. The molecule has 0 aliphatic carbocycles. The Hall–Kier alpha value is -1.47. The summed E-state index contributed by atoms with van der Waals surface area (Å²) in [6.07, 6.45) is 0. The first-order valence-electron chi connectivity index (χ1n) is 6.34. The van der Waals surface area contributed by atoms with Crippen LogP contribution in [0.15, 0.2) is 23.1 Å². The SMILES string of the molecule is CC(=O)N1CCN(S(=O)(=O)c2cc(C)ccc2F)CC1. The third-order valence-corrected chi connectivity index (χ3v) is 5.30. The van der Waals surface area contributed by atoms with Crippen molar-refractivity contribution in [2.75, 3.05) is 26.2 Å². The monoisotopic (exact) mass is 300 g/mol. The van der Waals surface area contributed by atoms with Gasteiger partial charge in [-0.05, 0) is 24.6 Å². The van der Waals surface area contributed by atoms with E-state index < -0.39 is 15.8 Å². The van der Waals surface area contributed by atoms with Crippen LogP contribution in [-0.4, -0.2) is 49.7 Å². The lowest BCUT2D eigenvalue weighted by atomic mass is 10.2. The van der Waals surface area contributed by atoms with Crippen molar-refractivity contribution in [1.82, 2.24) is 9.21 Å². The Morgan fingerprint density at radius 3 is 2.35 bits per heavy atom. The zero-order valence-corrected chi connectivity index (χ0v) is 12.3. The first kappa shape index (κ1) is 14.9. The predicted octanol–water partition coefficient (Wildman–Crippen LogP) is 0.987. The molecule has 0 N–H and O–H groups in total. The molecule has 1 aliphatic heterocycles. The van der Waals surface area contributed by atoms with Crippen molar-refractivity contribution >= 4 is 15.9 Å². The number of hydrogen-bond donors (Lipinski definition) is 0. The molecule has 0 atom stereocenters. The summed E-state index contributed by atoms with van der Waals surface area (Å²) in [5.74, 6) is -0.826. The molecular formula is C13H17FN2O3S. The van der Waals surface area contributed by atoms with Gasteiger partial charge in [-0.3, -0.25) is 4.79 Å². The van der Waals surface area contributed by atoms with Gasteiger partial charge >= 0.3 is 0 Å². The fourth-order valence-corrected chi connectivity index (χ4v) is 3.76. The number of sulfonamides is 1. The molecule has 0 spiro atoms. The summed E-state index contributed by atoms with van der Waals surface area (Å²) >= 11 is 0. The van der Waals surface area contributed by atoms with Crippen LogP contribution in [0.1, 0.15) is 12.5 Å². The first-order valence-corrected chi connectivity index (χ1v) is 7.78. The van der Waals surface area contributed by atoms with E-state index >= 15 is 0 Å². The van der Waals surface area contributed by atoms with E-state index in [1.807, 2.05) is 0 Å². The van der Waals surface area contributed by atoms with Crippen molar-refractivity contribution in [2.24, 2.45) is 0 Å². The van der Waals surface area contributed by atoms with Gasteiger partial charge in [-0.15, -0.1) is 0 Å². The number of benzene rings is 1. The van der Waals surface area contributed by atoms with Crippen LogP contribution in [0.25, 0.3) is 0 Å². The second-order valence-corrected chi connectivity index (χ2v) is 6.75. The largest absolute Gasteiger partial charge is 0.340 e. The lowest BCUT2D eigenvalue weighted by molar-refractivity contribution is -0.129. The molecule has 5 nitrogen and oxygen atoms in total. The number of carbonyl (C=O) groups is 1. The number of aryl methyl sites for hydroxylation is 1. The van der Waals surface area contributed by atoms with E-state index in [1.165, 1.54) is 23.4 Å². The Kier molecular flexibility index (Phi) is 4.10. The van der Waals surface area contributed by atoms with Crippen molar-refractivity contribution in [1.29, 1.82) is 0 Å². The molecule has 1 aromatic carbocycles. The molecule has 1 heterocycles. The number of halogens is 1. The summed E-state index contributed by atoms with van der Waals surface area (Å²) < 4.78 is 39.8. The van der Waals surface area contributed by atoms with Crippen molar-refractivity contribution in [2.45, 2.75) is 18.7 Å². The lowest BCUT2D eigenvalue weighted by Crippen LogP contribution is -2.50. The Bertz CT molecular complexity index is 623. The molecule has 0 saturated carbocycles. The van der Waals surface area contributed by atoms with Gasteiger partial charge in [-0.1, -0.05) is 6.07 Å². The van der Waals surface area contributed by atoms with Gasteiger partial charge in [0.05, 0.1) is 0 Å². The molecule has 2 rings (SSSR count). The van der Waals surface area contributed by atoms with E-state index in [4.69, 9.17) is 0 Å². The third-order valence-electron chi connectivity index (χ3n) is 3.39. The topological polar surface area (TPSA) is 57.7 Å². The van der Waals surface area contributed by atoms with E-state index in [9.17, 15) is 17.6 Å². The fourth-order valence-electron chi connectivity index (χ4n) is 2.19. The molecule has 110 valence electrons. The van der Waals surface area contributed by atoms with Crippen LogP contribution in [0.3, 0.4) is 0 Å². The van der Waals surface area contributed by atoms with Crippen LogP contribution in [0, 0.1) is 12.7 Å². The van der Waals surface area contributed by atoms with E-state index in [-0.39, 0.29) is 23.9 Å². The zero-order chi connectivity index (χ0) is 14.9. The van der Waals surface area contributed by atoms with Gasteiger partial charge < -0.3 is 4.90 Å². The summed E-state index contributed by atoms with van der Waals surface area (Å²) in [6.45, 7) is 4.21. The number of nitrogens with zero attached hydrogens (tertiary/aromatic N) is 2. The number of piperazine rings is 1. The Labute approximate surface area is 118 Å². The van der Waals surface area contributed by atoms with E-state index in [2.05, 4.69) is 0 Å². The minimum atomic E-state index is -3.84. The van der Waals surface area contributed by atoms with Crippen LogP contribution in [-0.2, 0) is 14.8 Å². The van der Waals surface area contributed by atoms with Gasteiger partial charge in [0.15, 0.2) is 0 Å². The lowest BCUT2D eigenvalue weighted by Gasteiger charge is -2.33. The van der Waals surface area contributed by atoms with Crippen molar-refractivity contribution < 1.29 is 17.6 Å². The van der Waals surface area contributed by atoms with Crippen molar-refractivity contribution in [3.8, 4) is 0 Å². The maximum absolute atomic E-state index is 13.8. The van der Waals surface area contributed by atoms with Crippen molar-refractivity contribution in [3.05, 3.63) is 29.6 Å². The standard InChI is InChI=1S/C13H17FN2O3S/c1-10-3-4-12(14)13(9-10)20(18,19)16-7-5-15(6-8-16)11(2)17/h3-4,9H,5-8H2,1-2H3. The highest BCUT2D eigenvalue weighted by Gasteiger charge is 2.31. The van der Waals surface area contributed by atoms with Crippen LogP contribution in [0.2, 0.25) is 0 Å². The number of amides is 1.